The average Bonchev–Trinajstić information content (AvgIpc) is 3.14. The van der Waals surface area contributed by atoms with Crippen molar-refractivity contribution in [3.8, 4) is 0 Å². The number of carboxylic acids is 1. The number of carbonyl (C=O) groups excluding carboxylic acids is 1. The van der Waals surface area contributed by atoms with Crippen molar-refractivity contribution >= 4 is 11.9 Å². The van der Waals surface area contributed by atoms with Crippen molar-refractivity contribution in [1.29, 1.82) is 0 Å². The van der Waals surface area contributed by atoms with E-state index in [1.807, 2.05) is 32.9 Å². The molecule has 20 heavy (non-hydrogen) atoms. The molecule has 0 saturated heterocycles. The molecule has 108 valence electrons. The second kappa shape index (κ2) is 5.65. The minimum atomic E-state index is -0.932. The van der Waals surface area contributed by atoms with Crippen LogP contribution in [0.4, 0.5) is 0 Å². The van der Waals surface area contributed by atoms with Gasteiger partial charge in [-0.05, 0) is 56.2 Å². The highest BCUT2D eigenvalue weighted by Crippen LogP contribution is 2.32. The van der Waals surface area contributed by atoms with E-state index >= 15 is 0 Å². The number of carbonyl (C=O) groups is 2. The fourth-order valence-electron chi connectivity index (χ4n) is 2.68. The summed E-state index contributed by atoms with van der Waals surface area (Å²) < 4.78 is 0. The SMILES string of the molecule is Cc1cc(C)c(CC(=O)NC(C(=O)O)C2CC2)c(C)c1. The lowest BCUT2D eigenvalue weighted by molar-refractivity contribution is -0.142. The van der Waals surface area contributed by atoms with Gasteiger partial charge in [-0.3, -0.25) is 4.79 Å². The molecular formula is C16H21NO3. The van der Waals surface area contributed by atoms with Crippen molar-refractivity contribution in [1.82, 2.24) is 5.32 Å². The lowest BCUT2D eigenvalue weighted by Gasteiger charge is -2.15. The first kappa shape index (κ1) is 14.6. The van der Waals surface area contributed by atoms with E-state index in [9.17, 15) is 9.59 Å². The average molecular weight is 275 g/mol. The normalized spacial score (nSPS) is 15.8. The summed E-state index contributed by atoms with van der Waals surface area (Å²) in [5.41, 5.74) is 4.32. The smallest absolute Gasteiger partial charge is 0.326 e. The Balaban J connectivity index is 2.06. The van der Waals surface area contributed by atoms with E-state index in [-0.39, 0.29) is 18.2 Å². The van der Waals surface area contributed by atoms with Crippen LogP contribution in [-0.4, -0.2) is 23.0 Å². The van der Waals surface area contributed by atoms with Crippen LogP contribution >= 0.6 is 0 Å². The van der Waals surface area contributed by atoms with Crippen LogP contribution in [0, 0.1) is 26.7 Å². The number of aryl methyl sites for hydroxylation is 3. The van der Waals surface area contributed by atoms with E-state index in [1.54, 1.807) is 0 Å². The van der Waals surface area contributed by atoms with Crippen molar-refractivity contribution in [3.63, 3.8) is 0 Å². The van der Waals surface area contributed by atoms with Gasteiger partial charge in [0.2, 0.25) is 5.91 Å². The van der Waals surface area contributed by atoms with Crippen molar-refractivity contribution in [3.05, 3.63) is 34.4 Å². The van der Waals surface area contributed by atoms with Gasteiger partial charge in [0.25, 0.3) is 0 Å². The van der Waals surface area contributed by atoms with E-state index in [0.29, 0.717) is 0 Å². The third-order valence-electron chi connectivity index (χ3n) is 3.85. The fourth-order valence-corrected chi connectivity index (χ4v) is 2.68. The first-order chi connectivity index (χ1) is 9.38. The van der Waals surface area contributed by atoms with Crippen LogP contribution in [0.2, 0.25) is 0 Å². The Hall–Kier alpha value is -1.84. The predicted octanol–water partition coefficient (Wildman–Crippen LogP) is 2.13. The monoisotopic (exact) mass is 275 g/mol. The third-order valence-corrected chi connectivity index (χ3v) is 3.85. The summed E-state index contributed by atoms with van der Waals surface area (Å²) in [6.45, 7) is 5.99. The highest BCUT2D eigenvalue weighted by molar-refractivity contribution is 5.85. The fraction of sp³-hybridized carbons (Fsp3) is 0.500. The van der Waals surface area contributed by atoms with Crippen LogP contribution in [0.15, 0.2) is 12.1 Å². The molecule has 1 amide bonds. The molecule has 2 N–H and O–H groups in total. The minimum absolute atomic E-state index is 0.108. The van der Waals surface area contributed by atoms with Crippen LogP contribution in [0.1, 0.15) is 35.1 Å². The van der Waals surface area contributed by atoms with Gasteiger partial charge in [-0.1, -0.05) is 17.7 Å². The first-order valence-electron chi connectivity index (χ1n) is 6.97. The lowest BCUT2D eigenvalue weighted by Crippen LogP contribution is -2.43. The van der Waals surface area contributed by atoms with Gasteiger partial charge in [0.15, 0.2) is 0 Å². The third kappa shape index (κ3) is 3.38. The Morgan fingerprint density at radius 3 is 2.25 bits per heavy atom. The van der Waals surface area contributed by atoms with Gasteiger partial charge >= 0.3 is 5.97 Å². The number of hydrogen-bond acceptors (Lipinski definition) is 2. The number of hydrogen-bond donors (Lipinski definition) is 2. The van der Waals surface area contributed by atoms with Gasteiger partial charge in [0.1, 0.15) is 6.04 Å². The summed E-state index contributed by atoms with van der Waals surface area (Å²) in [5.74, 6) is -1.03. The molecule has 0 bridgehead atoms. The molecule has 1 aliphatic rings. The number of carboxylic acid groups (broad SMARTS) is 1. The van der Waals surface area contributed by atoms with Gasteiger partial charge in [0.05, 0.1) is 6.42 Å². The topological polar surface area (TPSA) is 66.4 Å². The zero-order valence-corrected chi connectivity index (χ0v) is 12.2. The molecule has 4 nitrogen and oxygen atoms in total. The molecule has 0 heterocycles. The molecule has 2 rings (SSSR count). The van der Waals surface area contributed by atoms with Crippen LogP contribution in [0.25, 0.3) is 0 Å². The Kier molecular flexibility index (Phi) is 4.12. The Morgan fingerprint density at radius 2 is 1.80 bits per heavy atom. The quantitative estimate of drug-likeness (QED) is 0.865. The Labute approximate surface area is 119 Å². The Morgan fingerprint density at radius 1 is 1.25 bits per heavy atom. The van der Waals surface area contributed by atoms with Crippen molar-refractivity contribution in [2.24, 2.45) is 5.92 Å². The molecule has 1 atom stereocenters. The highest BCUT2D eigenvalue weighted by atomic mass is 16.4. The summed E-state index contributed by atoms with van der Waals surface area (Å²) in [7, 11) is 0. The van der Waals surface area contributed by atoms with Crippen LogP contribution in [0.5, 0.6) is 0 Å². The first-order valence-corrected chi connectivity index (χ1v) is 6.97. The second-order valence-corrected chi connectivity index (χ2v) is 5.77. The maximum atomic E-state index is 12.1. The molecule has 0 aromatic heterocycles. The number of aliphatic carboxylic acids is 1. The highest BCUT2D eigenvalue weighted by Gasteiger charge is 2.37. The van der Waals surface area contributed by atoms with Gasteiger partial charge in [-0.2, -0.15) is 0 Å². The van der Waals surface area contributed by atoms with E-state index < -0.39 is 12.0 Å². The lowest BCUT2D eigenvalue weighted by atomic mass is 9.97. The summed E-state index contributed by atoms with van der Waals surface area (Å²) in [6.07, 6.45) is 2.02. The standard InChI is InChI=1S/C16H21NO3/c1-9-6-10(2)13(11(3)7-9)8-14(18)17-15(16(19)20)12-4-5-12/h6-7,12,15H,4-5,8H2,1-3H3,(H,17,18)(H,19,20). The van der Waals surface area contributed by atoms with Gasteiger partial charge < -0.3 is 10.4 Å². The van der Waals surface area contributed by atoms with Crippen molar-refractivity contribution < 1.29 is 14.7 Å². The molecule has 1 aromatic carbocycles. The van der Waals surface area contributed by atoms with Crippen LogP contribution in [0.3, 0.4) is 0 Å². The summed E-state index contributed by atoms with van der Waals surface area (Å²) in [6, 6.07) is 3.37. The summed E-state index contributed by atoms with van der Waals surface area (Å²) in [4.78, 5) is 23.2. The van der Waals surface area contributed by atoms with E-state index in [4.69, 9.17) is 5.11 Å². The number of amides is 1. The maximum Gasteiger partial charge on any atom is 0.326 e. The van der Waals surface area contributed by atoms with E-state index in [0.717, 1.165) is 29.5 Å². The van der Waals surface area contributed by atoms with Crippen LogP contribution < -0.4 is 5.32 Å². The molecular weight excluding hydrogens is 254 g/mol. The second-order valence-electron chi connectivity index (χ2n) is 5.77. The van der Waals surface area contributed by atoms with Crippen LogP contribution in [-0.2, 0) is 16.0 Å². The molecule has 1 saturated carbocycles. The maximum absolute atomic E-state index is 12.1. The van der Waals surface area contributed by atoms with E-state index in [1.165, 1.54) is 5.56 Å². The van der Waals surface area contributed by atoms with Gasteiger partial charge in [-0.15, -0.1) is 0 Å². The molecule has 4 heteroatoms. The molecule has 0 radical (unpaired) electrons. The Bertz CT molecular complexity index is 524. The molecule has 1 unspecified atom stereocenters. The number of rotatable bonds is 5. The van der Waals surface area contributed by atoms with Gasteiger partial charge in [0, 0.05) is 0 Å². The van der Waals surface area contributed by atoms with E-state index in [2.05, 4.69) is 5.32 Å². The zero-order valence-electron chi connectivity index (χ0n) is 12.2. The number of benzene rings is 1. The van der Waals surface area contributed by atoms with Gasteiger partial charge in [-0.25, -0.2) is 4.79 Å². The summed E-state index contributed by atoms with van der Waals surface area (Å²) >= 11 is 0. The zero-order chi connectivity index (χ0) is 14.9. The van der Waals surface area contributed by atoms with Crippen molar-refractivity contribution in [2.75, 3.05) is 0 Å². The molecule has 1 aromatic rings. The summed E-state index contributed by atoms with van der Waals surface area (Å²) in [5, 5.41) is 11.8. The number of nitrogens with one attached hydrogen (secondary N) is 1. The predicted molar refractivity (Wildman–Crippen MR) is 76.6 cm³/mol. The molecule has 0 aliphatic heterocycles. The molecule has 0 spiro atoms. The largest absolute Gasteiger partial charge is 0.480 e. The molecule has 1 aliphatic carbocycles. The molecule has 1 fully saturated rings. The van der Waals surface area contributed by atoms with Crippen molar-refractivity contribution in [2.45, 2.75) is 46.1 Å². The minimum Gasteiger partial charge on any atom is -0.480 e.